The first kappa shape index (κ1) is 8.39. The van der Waals surface area contributed by atoms with Crippen molar-refractivity contribution in [3.05, 3.63) is 34.9 Å². The molecule has 0 amide bonds. The summed E-state index contributed by atoms with van der Waals surface area (Å²) in [6.07, 6.45) is 0. The van der Waals surface area contributed by atoms with E-state index in [2.05, 4.69) is 17.9 Å². The standard InChI is InChI=1S/C7H4Cl2.Ru/c8-5-6-3-1-2-4-7(6)9;/h1-4H;/q;+1. The van der Waals surface area contributed by atoms with Crippen molar-refractivity contribution in [2.45, 2.75) is 0 Å². The first-order chi connectivity index (χ1) is 4.72. The average molecular weight is 260 g/mol. The Morgan fingerprint density at radius 3 is 2.30 bits per heavy atom. The van der Waals surface area contributed by atoms with Gasteiger partial charge in [0, 0.05) is 0 Å². The Morgan fingerprint density at radius 2 is 1.90 bits per heavy atom. The van der Waals surface area contributed by atoms with E-state index in [-0.39, 0.29) is 0 Å². The van der Waals surface area contributed by atoms with E-state index in [4.69, 9.17) is 23.2 Å². The van der Waals surface area contributed by atoms with Gasteiger partial charge in [0.25, 0.3) is 0 Å². The van der Waals surface area contributed by atoms with Crippen LogP contribution in [0.15, 0.2) is 24.3 Å². The number of rotatable bonds is 1. The zero-order valence-electron chi connectivity index (χ0n) is 4.92. The van der Waals surface area contributed by atoms with E-state index in [1.807, 2.05) is 24.3 Å². The monoisotopic (exact) mass is 260 g/mol. The summed E-state index contributed by atoms with van der Waals surface area (Å²) >= 11 is 13.8. The second-order valence-corrected chi connectivity index (χ2v) is 3.88. The molecule has 0 aliphatic rings. The normalized spacial score (nSPS) is 9.40. The average Bonchev–Trinajstić information content (AvgIpc) is 1.88. The first-order valence-corrected chi connectivity index (χ1v) is 4.26. The Balaban J connectivity index is 3.15. The summed E-state index contributed by atoms with van der Waals surface area (Å²) < 4.78 is 0.657. The molecule has 0 saturated heterocycles. The number of hydrogen-bond donors (Lipinski definition) is 0. The second kappa shape index (κ2) is 3.62. The van der Waals surface area contributed by atoms with Gasteiger partial charge in [0.15, 0.2) is 0 Å². The van der Waals surface area contributed by atoms with E-state index in [1.54, 1.807) is 0 Å². The molecule has 0 aliphatic heterocycles. The SMILES string of the molecule is Cl[C](=[Ru+])c1ccccc1Cl. The molecule has 53 valence electrons. The van der Waals surface area contributed by atoms with Crippen molar-refractivity contribution in [3.63, 3.8) is 0 Å². The van der Waals surface area contributed by atoms with Gasteiger partial charge >= 0.3 is 79.5 Å². The van der Waals surface area contributed by atoms with Gasteiger partial charge in [0.1, 0.15) is 0 Å². The summed E-state index contributed by atoms with van der Waals surface area (Å²) in [5, 5.41) is 0.686. The molecule has 10 heavy (non-hydrogen) atoms. The van der Waals surface area contributed by atoms with Gasteiger partial charge in [0.05, 0.1) is 0 Å². The molecule has 0 N–H and O–H groups in total. The molecular formula is C7H4Cl2Ru+. The molecule has 1 rings (SSSR count). The summed E-state index contributed by atoms with van der Waals surface area (Å²) in [5.74, 6) is 0. The van der Waals surface area contributed by atoms with Crippen molar-refractivity contribution in [3.8, 4) is 0 Å². The third-order valence-electron chi connectivity index (χ3n) is 1.07. The van der Waals surface area contributed by atoms with Gasteiger partial charge in [-0.3, -0.25) is 0 Å². The predicted molar refractivity (Wildman–Crippen MR) is 41.4 cm³/mol. The molecule has 0 unspecified atom stereocenters. The van der Waals surface area contributed by atoms with Crippen LogP contribution < -0.4 is 0 Å². The first-order valence-electron chi connectivity index (χ1n) is 2.63. The Bertz CT molecular complexity index is 258. The van der Waals surface area contributed by atoms with Crippen LogP contribution in [-0.4, -0.2) is 3.57 Å². The zero-order valence-corrected chi connectivity index (χ0v) is 8.17. The summed E-state index contributed by atoms with van der Waals surface area (Å²) in [6, 6.07) is 7.46. The molecule has 1 aromatic carbocycles. The van der Waals surface area contributed by atoms with Gasteiger partial charge in [-0.25, -0.2) is 0 Å². The molecule has 0 fully saturated rings. The summed E-state index contributed by atoms with van der Waals surface area (Å²) in [6.45, 7) is 0. The van der Waals surface area contributed by atoms with Crippen LogP contribution in [0, 0.1) is 0 Å². The van der Waals surface area contributed by atoms with E-state index in [0.29, 0.717) is 8.59 Å². The van der Waals surface area contributed by atoms with Crippen LogP contribution >= 0.6 is 23.2 Å². The number of halogens is 2. The Kier molecular flexibility index (Phi) is 3.03. The molecular weight excluding hydrogens is 256 g/mol. The maximum absolute atomic E-state index is 5.80. The Labute approximate surface area is 79.3 Å². The minimum absolute atomic E-state index is 0.657. The van der Waals surface area contributed by atoms with E-state index in [1.165, 1.54) is 0 Å². The van der Waals surface area contributed by atoms with Crippen molar-refractivity contribution in [1.29, 1.82) is 0 Å². The van der Waals surface area contributed by atoms with Crippen LogP contribution in [0.2, 0.25) is 5.02 Å². The third kappa shape index (κ3) is 1.89. The van der Waals surface area contributed by atoms with Crippen molar-refractivity contribution >= 4 is 26.8 Å². The fourth-order valence-corrected chi connectivity index (χ4v) is 1.56. The van der Waals surface area contributed by atoms with Crippen molar-refractivity contribution in [2.75, 3.05) is 0 Å². The zero-order chi connectivity index (χ0) is 7.56. The summed E-state index contributed by atoms with van der Waals surface area (Å²) in [5.41, 5.74) is 0.877. The van der Waals surface area contributed by atoms with Crippen LogP contribution in [0.3, 0.4) is 0 Å². The molecule has 0 saturated carbocycles. The van der Waals surface area contributed by atoms with Gasteiger partial charge in [-0.05, 0) is 0 Å². The van der Waals surface area contributed by atoms with Gasteiger partial charge in [-0.2, -0.15) is 0 Å². The van der Waals surface area contributed by atoms with E-state index >= 15 is 0 Å². The van der Waals surface area contributed by atoms with Crippen molar-refractivity contribution in [2.24, 2.45) is 0 Å². The van der Waals surface area contributed by atoms with Crippen LogP contribution in [0.5, 0.6) is 0 Å². The van der Waals surface area contributed by atoms with Crippen molar-refractivity contribution < 1.29 is 17.9 Å². The van der Waals surface area contributed by atoms with E-state index < -0.39 is 0 Å². The van der Waals surface area contributed by atoms with Gasteiger partial charge in [0.2, 0.25) is 0 Å². The molecule has 0 radical (unpaired) electrons. The number of hydrogen-bond acceptors (Lipinski definition) is 0. The molecule has 0 bridgehead atoms. The molecule has 0 spiro atoms. The van der Waals surface area contributed by atoms with Crippen LogP contribution in [0.4, 0.5) is 0 Å². The Hall–Kier alpha value is 0.293. The topological polar surface area (TPSA) is 0 Å². The van der Waals surface area contributed by atoms with Crippen LogP contribution in [0.25, 0.3) is 0 Å². The van der Waals surface area contributed by atoms with Crippen LogP contribution in [0.1, 0.15) is 5.56 Å². The summed E-state index contributed by atoms with van der Waals surface area (Å²) in [4.78, 5) is 0. The Morgan fingerprint density at radius 1 is 1.30 bits per heavy atom. The predicted octanol–water partition coefficient (Wildman–Crippen LogP) is 2.60. The third-order valence-corrected chi connectivity index (χ3v) is 2.07. The van der Waals surface area contributed by atoms with Gasteiger partial charge in [-0.1, -0.05) is 0 Å². The molecule has 3 heteroatoms. The second-order valence-electron chi connectivity index (χ2n) is 1.73. The molecule has 0 atom stereocenters. The molecule has 0 nitrogen and oxygen atoms in total. The molecule has 0 aliphatic carbocycles. The fourth-order valence-electron chi connectivity index (χ4n) is 0.610. The quantitative estimate of drug-likeness (QED) is 0.681. The number of benzene rings is 1. The summed E-state index contributed by atoms with van der Waals surface area (Å²) in [7, 11) is 0. The van der Waals surface area contributed by atoms with E-state index in [0.717, 1.165) is 5.56 Å². The van der Waals surface area contributed by atoms with Gasteiger partial charge < -0.3 is 0 Å². The molecule has 1 aromatic rings. The van der Waals surface area contributed by atoms with Crippen molar-refractivity contribution in [1.82, 2.24) is 0 Å². The minimum atomic E-state index is 0.657. The molecule has 0 heterocycles. The fraction of sp³-hybridized carbons (Fsp3) is 0. The van der Waals surface area contributed by atoms with Gasteiger partial charge in [-0.15, -0.1) is 0 Å². The van der Waals surface area contributed by atoms with E-state index in [9.17, 15) is 0 Å². The van der Waals surface area contributed by atoms with Crippen LogP contribution in [-0.2, 0) is 17.9 Å². The molecule has 0 aromatic heterocycles. The maximum atomic E-state index is 5.80.